The van der Waals surface area contributed by atoms with Crippen molar-refractivity contribution >= 4 is 17.6 Å². The number of nitrogens with one attached hydrogen (secondary N) is 1. The Morgan fingerprint density at radius 1 is 1.15 bits per heavy atom. The fourth-order valence-corrected chi connectivity index (χ4v) is 1.69. The fourth-order valence-electron chi connectivity index (χ4n) is 1.69. The van der Waals surface area contributed by atoms with E-state index in [0.717, 1.165) is 0 Å². The molecule has 1 amide bonds. The van der Waals surface area contributed by atoms with Gasteiger partial charge in [0.05, 0.1) is 13.5 Å². The summed E-state index contributed by atoms with van der Waals surface area (Å²) in [5.41, 5.74) is 1.87. The molecule has 0 fully saturated rings. The van der Waals surface area contributed by atoms with Gasteiger partial charge in [0.15, 0.2) is 0 Å². The lowest BCUT2D eigenvalue weighted by Gasteiger charge is -2.14. The van der Waals surface area contributed by atoms with Gasteiger partial charge in [0, 0.05) is 12.8 Å². The molecule has 5 nitrogen and oxygen atoms in total. The number of carbonyl (C=O) groups is 2. The van der Waals surface area contributed by atoms with Gasteiger partial charge in [-0.1, -0.05) is 26.0 Å². The third kappa shape index (κ3) is 4.66. The molecule has 0 aliphatic heterocycles. The summed E-state index contributed by atoms with van der Waals surface area (Å²) < 4.78 is 9.53. The van der Waals surface area contributed by atoms with Gasteiger partial charge in [-0.15, -0.1) is 0 Å². The lowest BCUT2D eigenvalue weighted by Crippen LogP contribution is -2.32. The second-order valence-electron chi connectivity index (χ2n) is 4.77. The molecule has 1 unspecified atom stereocenters. The van der Waals surface area contributed by atoms with Gasteiger partial charge in [0.2, 0.25) is 0 Å². The quantitative estimate of drug-likeness (QED) is 0.812. The SMILES string of the molecule is COC(=O)CC(OC)C(=O)Nc1ccc(C(C)C)cc1. The summed E-state index contributed by atoms with van der Waals surface area (Å²) in [6.45, 7) is 4.20. The lowest BCUT2D eigenvalue weighted by atomic mass is 10.0. The van der Waals surface area contributed by atoms with E-state index in [1.807, 2.05) is 24.3 Å². The molecule has 0 radical (unpaired) electrons. The highest BCUT2D eigenvalue weighted by molar-refractivity contribution is 5.96. The molecule has 0 aliphatic rings. The number of amides is 1. The molecule has 0 saturated heterocycles. The van der Waals surface area contributed by atoms with Crippen molar-refractivity contribution in [3.8, 4) is 0 Å². The van der Waals surface area contributed by atoms with Crippen LogP contribution in [0, 0.1) is 0 Å². The van der Waals surface area contributed by atoms with Gasteiger partial charge in [-0.25, -0.2) is 0 Å². The highest BCUT2D eigenvalue weighted by atomic mass is 16.5. The van der Waals surface area contributed by atoms with Crippen molar-refractivity contribution in [1.29, 1.82) is 0 Å². The van der Waals surface area contributed by atoms with Gasteiger partial charge in [-0.3, -0.25) is 9.59 Å². The minimum absolute atomic E-state index is 0.108. The summed E-state index contributed by atoms with van der Waals surface area (Å²) >= 11 is 0. The Labute approximate surface area is 119 Å². The first kappa shape index (κ1) is 16.2. The number of benzene rings is 1. The predicted octanol–water partition coefficient (Wildman–Crippen LogP) is 2.33. The van der Waals surface area contributed by atoms with Crippen LogP contribution in [0.15, 0.2) is 24.3 Å². The molecule has 1 aromatic carbocycles. The van der Waals surface area contributed by atoms with Crippen LogP contribution in [-0.2, 0) is 19.1 Å². The smallest absolute Gasteiger partial charge is 0.308 e. The third-order valence-corrected chi connectivity index (χ3v) is 3.00. The Bertz CT molecular complexity index is 453. The zero-order valence-corrected chi connectivity index (χ0v) is 12.3. The average Bonchev–Trinajstić information content (AvgIpc) is 2.44. The summed E-state index contributed by atoms with van der Waals surface area (Å²) in [4.78, 5) is 23.1. The molecular formula is C15H21NO4. The molecule has 0 heterocycles. The molecule has 0 saturated carbocycles. The summed E-state index contributed by atoms with van der Waals surface area (Å²) in [6, 6.07) is 7.58. The van der Waals surface area contributed by atoms with Gasteiger partial charge in [0.1, 0.15) is 6.10 Å². The summed E-state index contributed by atoms with van der Waals surface area (Å²) in [6.07, 6.45) is -0.963. The molecule has 1 rings (SSSR count). The minimum atomic E-state index is -0.854. The maximum absolute atomic E-state index is 12.0. The number of hydrogen-bond donors (Lipinski definition) is 1. The number of methoxy groups -OCH3 is 2. The first-order chi connectivity index (χ1) is 9.47. The second-order valence-corrected chi connectivity index (χ2v) is 4.77. The van der Waals surface area contributed by atoms with Crippen LogP contribution in [0.1, 0.15) is 31.7 Å². The lowest BCUT2D eigenvalue weighted by molar-refractivity contribution is -0.146. The molecule has 0 aliphatic carbocycles. The average molecular weight is 279 g/mol. The summed E-state index contributed by atoms with van der Waals surface area (Å²) in [5, 5.41) is 2.72. The van der Waals surface area contributed by atoms with Crippen LogP contribution in [0.3, 0.4) is 0 Å². The number of esters is 1. The molecule has 0 spiro atoms. The second kappa shape index (κ2) is 7.65. The van der Waals surface area contributed by atoms with Crippen LogP contribution >= 0.6 is 0 Å². The molecule has 1 atom stereocenters. The van der Waals surface area contributed by atoms with Crippen molar-refractivity contribution in [2.45, 2.75) is 32.3 Å². The highest BCUT2D eigenvalue weighted by Crippen LogP contribution is 2.17. The minimum Gasteiger partial charge on any atom is -0.469 e. The first-order valence-electron chi connectivity index (χ1n) is 6.48. The van der Waals surface area contributed by atoms with Gasteiger partial charge in [-0.05, 0) is 23.6 Å². The number of carbonyl (C=O) groups excluding carboxylic acids is 2. The Hall–Kier alpha value is -1.88. The maximum atomic E-state index is 12.0. The topological polar surface area (TPSA) is 64.6 Å². The van der Waals surface area contributed by atoms with Crippen molar-refractivity contribution in [3.05, 3.63) is 29.8 Å². The zero-order valence-electron chi connectivity index (χ0n) is 12.3. The predicted molar refractivity (Wildman–Crippen MR) is 76.6 cm³/mol. The van der Waals surface area contributed by atoms with E-state index in [-0.39, 0.29) is 12.3 Å². The maximum Gasteiger partial charge on any atom is 0.308 e. The van der Waals surface area contributed by atoms with Gasteiger partial charge in [0.25, 0.3) is 5.91 Å². The van der Waals surface area contributed by atoms with Gasteiger partial charge in [-0.2, -0.15) is 0 Å². The van der Waals surface area contributed by atoms with E-state index in [0.29, 0.717) is 11.6 Å². The van der Waals surface area contributed by atoms with Crippen LogP contribution in [0.25, 0.3) is 0 Å². The largest absolute Gasteiger partial charge is 0.469 e. The van der Waals surface area contributed by atoms with E-state index >= 15 is 0 Å². The van der Waals surface area contributed by atoms with E-state index < -0.39 is 12.1 Å². The van der Waals surface area contributed by atoms with Crippen LogP contribution in [-0.4, -0.2) is 32.2 Å². The fraction of sp³-hybridized carbons (Fsp3) is 0.467. The first-order valence-corrected chi connectivity index (χ1v) is 6.48. The summed E-state index contributed by atoms with van der Waals surface area (Å²) in [5.74, 6) is -0.414. The van der Waals surface area contributed by atoms with E-state index in [4.69, 9.17) is 4.74 Å². The van der Waals surface area contributed by atoms with E-state index in [2.05, 4.69) is 23.9 Å². The molecule has 0 bridgehead atoms. The van der Waals surface area contributed by atoms with Crippen LogP contribution in [0.4, 0.5) is 5.69 Å². The van der Waals surface area contributed by atoms with Crippen molar-refractivity contribution in [1.82, 2.24) is 0 Å². The standard InChI is InChI=1S/C15H21NO4/c1-10(2)11-5-7-12(8-6-11)16-15(18)13(19-3)9-14(17)20-4/h5-8,10,13H,9H2,1-4H3,(H,16,18). The van der Waals surface area contributed by atoms with Crippen molar-refractivity contribution < 1.29 is 19.1 Å². The van der Waals surface area contributed by atoms with Crippen LogP contribution in [0.2, 0.25) is 0 Å². The zero-order chi connectivity index (χ0) is 15.1. The van der Waals surface area contributed by atoms with Gasteiger partial charge >= 0.3 is 5.97 Å². The van der Waals surface area contributed by atoms with Crippen molar-refractivity contribution in [2.24, 2.45) is 0 Å². The van der Waals surface area contributed by atoms with Gasteiger partial charge < -0.3 is 14.8 Å². The molecule has 110 valence electrons. The highest BCUT2D eigenvalue weighted by Gasteiger charge is 2.22. The molecule has 20 heavy (non-hydrogen) atoms. The van der Waals surface area contributed by atoms with E-state index in [1.54, 1.807) is 0 Å². The molecule has 1 aromatic rings. The third-order valence-electron chi connectivity index (χ3n) is 3.00. The molecular weight excluding hydrogens is 258 g/mol. The summed E-state index contributed by atoms with van der Waals surface area (Å²) in [7, 11) is 2.66. The monoisotopic (exact) mass is 279 g/mol. The Morgan fingerprint density at radius 3 is 2.20 bits per heavy atom. The molecule has 5 heteroatoms. The van der Waals surface area contributed by atoms with E-state index in [9.17, 15) is 9.59 Å². The van der Waals surface area contributed by atoms with E-state index in [1.165, 1.54) is 19.8 Å². The Morgan fingerprint density at radius 2 is 1.75 bits per heavy atom. The number of ether oxygens (including phenoxy) is 2. The number of rotatable bonds is 6. The van der Waals surface area contributed by atoms with Crippen LogP contribution in [0.5, 0.6) is 0 Å². The van der Waals surface area contributed by atoms with Crippen molar-refractivity contribution in [2.75, 3.05) is 19.5 Å². The number of hydrogen-bond acceptors (Lipinski definition) is 4. The Kier molecular flexibility index (Phi) is 6.18. The van der Waals surface area contributed by atoms with Crippen molar-refractivity contribution in [3.63, 3.8) is 0 Å². The molecule has 0 aromatic heterocycles. The Balaban J connectivity index is 2.66. The molecule has 1 N–H and O–H groups in total. The van der Waals surface area contributed by atoms with Crippen LogP contribution < -0.4 is 5.32 Å². The normalized spacial score (nSPS) is 12.1. The number of anilines is 1.